The molecular weight excluding hydrogens is 164 g/mol. The molecule has 1 aromatic carbocycles. The largest absolute Gasteiger partial charge is 0.493 e. The Bertz CT molecular complexity index is 262. The SMILES string of the molecule is [O]Cc1ccc(OCC2CC2)cc1. The molecule has 0 unspecified atom stereocenters. The zero-order chi connectivity index (χ0) is 9.10. The van der Waals surface area contributed by atoms with Crippen LogP contribution in [0.4, 0.5) is 0 Å². The molecule has 0 heterocycles. The monoisotopic (exact) mass is 177 g/mol. The third-order valence-corrected chi connectivity index (χ3v) is 2.27. The van der Waals surface area contributed by atoms with Crippen molar-refractivity contribution < 1.29 is 9.84 Å². The lowest BCUT2D eigenvalue weighted by molar-refractivity contribution is 0.177. The van der Waals surface area contributed by atoms with Crippen molar-refractivity contribution in [1.29, 1.82) is 0 Å². The Hall–Kier alpha value is -1.02. The molecule has 1 aromatic rings. The molecule has 0 saturated heterocycles. The molecule has 0 aromatic heterocycles. The molecule has 0 aliphatic heterocycles. The van der Waals surface area contributed by atoms with Crippen molar-refractivity contribution in [2.75, 3.05) is 6.61 Å². The summed E-state index contributed by atoms with van der Waals surface area (Å²) in [5.74, 6) is 1.66. The summed E-state index contributed by atoms with van der Waals surface area (Å²) in [6, 6.07) is 7.40. The molecule has 13 heavy (non-hydrogen) atoms. The van der Waals surface area contributed by atoms with E-state index in [-0.39, 0.29) is 6.61 Å². The molecule has 0 spiro atoms. The highest BCUT2D eigenvalue weighted by Crippen LogP contribution is 2.29. The Morgan fingerprint density at radius 2 is 1.92 bits per heavy atom. The van der Waals surface area contributed by atoms with Gasteiger partial charge in [0.05, 0.1) is 6.61 Å². The summed E-state index contributed by atoms with van der Waals surface area (Å²) in [6.45, 7) is 0.680. The molecule has 0 N–H and O–H groups in total. The number of hydrogen-bond acceptors (Lipinski definition) is 1. The van der Waals surface area contributed by atoms with Crippen LogP contribution >= 0.6 is 0 Å². The van der Waals surface area contributed by atoms with Crippen molar-refractivity contribution in [3.05, 3.63) is 29.8 Å². The summed E-state index contributed by atoms with van der Waals surface area (Å²) < 4.78 is 5.53. The minimum absolute atomic E-state index is 0.150. The average Bonchev–Trinajstić information content (AvgIpc) is 2.99. The van der Waals surface area contributed by atoms with Crippen LogP contribution in [0.5, 0.6) is 5.75 Å². The highest BCUT2D eigenvalue weighted by Gasteiger charge is 2.21. The van der Waals surface area contributed by atoms with Crippen LogP contribution in [-0.2, 0) is 11.7 Å². The van der Waals surface area contributed by atoms with E-state index in [1.807, 2.05) is 24.3 Å². The van der Waals surface area contributed by atoms with Crippen molar-refractivity contribution in [3.63, 3.8) is 0 Å². The second-order valence-electron chi connectivity index (χ2n) is 3.54. The Morgan fingerprint density at radius 3 is 2.46 bits per heavy atom. The first-order valence-corrected chi connectivity index (χ1v) is 4.68. The van der Waals surface area contributed by atoms with Gasteiger partial charge >= 0.3 is 0 Å². The standard InChI is InChI=1S/C11H13O2/c12-7-9-3-5-11(6-4-9)13-8-10-1-2-10/h3-6,10H,1-2,7-8H2. The first kappa shape index (κ1) is 8.57. The molecule has 2 rings (SSSR count). The van der Waals surface area contributed by atoms with Gasteiger partial charge in [0.1, 0.15) is 12.4 Å². The molecule has 0 bridgehead atoms. The fraction of sp³-hybridized carbons (Fsp3) is 0.455. The zero-order valence-electron chi connectivity index (χ0n) is 7.53. The van der Waals surface area contributed by atoms with Crippen LogP contribution in [0.3, 0.4) is 0 Å². The van der Waals surface area contributed by atoms with Gasteiger partial charge in [0.25, 0.3) is 0 Å². The van der Waals surface area contributed by atoms with Crippen molar-refractivity contribution in [2.24, 2.45) is 5.92 Å². The fourth-order valence-electron chi connectivity index (χ4n) is 1.18. The van der Waals surface area contributed by atoms with Gasteiger partial charge in [0, 0.05) is 0 Å². The van der Waals surface area contributed by atoms with Crippen LogP contribution in [0.2, 0.25) is 0 Å². The number of ether oxygens (including phenoxy) is 1. The lowest BCUT2D eigenvalue weighted by Crippen LogP contribution is -1.98. The van der Waals surface area contributed by atoms with E-state index in [0.29, 0.717) is 0 Å². The fourth-order valence-corrected chi connectivity index (χ4v) is 1.18. The molecule has 1 aliphatic carbocycles. The molecule has 2 nitrogen and oxygen atoms in total. The second kappa shape index (κ2) is 3.79. The summed E-state index contributed by atoms with van der Waals surface area (Å²) >= 11 is 0. The maximum Gasteiger partial charge on any atom is 0.119 e. The van der Waals surface area contributed by atoms with Gasteiger partial charge in [-0.05, 0) is 36.5 Å². The Balaban J connectivity index is 1.88. The molecule has 0 atom stereocenters. The van der Waals surface area contributed by atoms with Crippen LogP contribution in [0, 0.1) is 5.92 Å². The molecule has 1 aliphatic rings. The summed E-state index contributed by atoms with van der Waals surface area (Å²) in [5, 5.41) is 10.5. The third-order valence-electron chi connectivity index (χ3n) is 2.27. The van der Waals surface area contributed by atoms with Crippen LogP contribution in [0.1, 0.15) is 18.4 Å². The topological polar surface area (TPSA) is 29.1 Å². The van der Waals surface area contributed by atoms with Gasteiger partial charge in [-0.15, -0.1) is 0 Å². The van der Waals surface area contributed by atoms with E-state index in [4.69, 9.17) is 4.74 Å². The summed E-state index contributed by atoms with van der Waals surface area (Å²) in [7, 11) is 0. The van der Waals surface area contributed by atoms with Gasteiger partial charge in [-0.3, -0.25) is 0 Å². The van der Waals surface area contributed by atoms with E-state index < -0.39 is 0 Å². The van der Waals surface area contributed by atoms with E-state index in [9.17, 15) is 5.11 Å². The number of benzene rings is 1. The normalized spacial score (nSPS) is 15.8. The quantitative estimate of drug-likeness (QED) is 0.694. The van der Waals surface area contributed by atoms with Crippen molar-refractivity contribution >= 4 is 0 Å². The lowest BCUT2D eigenvalue weighted by atomic mass is 10.2. The smallest absolute Gasteiger partial charge is 0.119 e. The Kier molecular flexibility index (Phi) is 2.50. The van der Waals surface area contributed by atoms with E-state index in [2.05, 4.69) is 0 Å². The van der Waals surface area contributed by atoms with Gasteiger partial charge in [0.2, 0.25) is 0 Å². The highest BCUT2D eigenvalue weighted by molar-refractivity contribution is 5.26. The van der Waals surface area contributed by atoms with Crippen LogP contribution in [0.15, 0.2) is 24.3 Å². The molecule has 69 valence electrons. The van der Waals surface area contributed by atoms with Gasteiger partial charge in [-0.1, -0.05) is 12.1 Å². The first-order valence-electron chi connectivity index (χ1n) is 4.68. The van der Waals surface area contributed by atoms with Gasteiger partial charge < -0.3 is 4.74 Å². The number of rotatable bonds is 4. The van der Waals surface area contributed by atoms with Gasteiger partial charge in [0.15, 0.2) is 0 Å². The lowest BCUT2D eigenvalue weighted by Gasteiger charge is -2.04. The van der Waals surface area contributed by atoms with Crippen molar-refractivity contribution in [2.45, 2.75) is 19.4 Å². The summed E-state index contributed by atoms with van der Waals surface area (Å²) in [5.41, 5.74) is 0.818. The number of hydrogen-bond donors (Lipinski definition) is 0. The van der Waals surface area contributed by atoms with E-state index >= 15 is 0 Å². The minimum Gasteiger partial charge on any atom is -0.493 e. The predicted octanol–water partition coefficient (Wildman–Crippen LogP) is 2.41. The van der Waals surface area contributed by atoms with E-state index in [1.54, 1.807) is 0 Å². The van der Waals surface area contributed by atoms with E-state index in [1.165, 1.54) is 12.8 Å². The van der Waals surface area contributed by atoms with Crippen LogP contribution < -0.4 is 4.74 Å². The average molecular weight is 177 g/mol. The van der Waals surface area contributed by atoms with Gasteiger partial charge in [-0.2, -0.15) is 0 Å². The van der Waals surface area contributed by atoms with Crippen molar-refractivity contribution in [1.82, 2.24) is 0 Å². The summed E-state index contributed by atoms with van der Waals surface area (Å²) in [6.07, 6.45) is 2.61. The molecular formula is C11H13O2. The molecule has 1 saturated carbocycles. The van der Waals surface area contributed by atoms with Gasteiger partial charge in [-0.25, -0.2) is 5.11 Å². The third kappa shape index (κ3) is 2.46. The maximum atomic E-state index is 10.5. The molecule has 0 amide bonds. The van der Waals surface area contributed by atoms with E-state index in [0.717, 1.165) is 23.8 Å². The maximum absolute atomic E-state index is 10.5. The highest BCUT2D eigenvalue weighted by atomic mass is 16.5. The minimum atomic E-state index is -0.150. The summed E-state index contributed by atoms with van der Waals surface area (Å²) in [4.78, 5) is 0. The Morgan fingerprint density at radius 1 is 1.23 bits per heavy atom. The first-order chi connectivity index (χ1) is 6.38. The van der Waals surface area contributed by atoms with Crippen LogP contribution in [-0.4, -0.2) is 6.61 Å². The second-order valence-corrected chi connectivity index (χ2v) is 3.54. The van der Waals surface area contributed by atoms with Crippen molar-refractivity contribution in [3.8, 4) is 5.75 Å². The molecule has 2 heteroatoms. The molecule has 1 fully saturated rings. The zero-order valence-corrected chi connectivity index (χ0v) is 7.53. The molecule has 1 radical (unpaired) electrons. The van der Waals surface area contributed by atoms with Crippen LogP contribution in [0.25, 0.3) is 0 Å². The Labute approximate surface area is 78.2 Å². The predicted molar refractivity (Wildman–Crippen MR) is 49.1 cm³/mol.